The number of fused-ring (bicyclic) bond motifs is 2. The van der Waals surface area contributed by atoms with Gasteiger partial charge in [-0.15, -0.1) is 0 Å². The number of amides is 1. The van der Waals surface area contributed by atoms with E-state index in [1.807, 2.05) is 24.3 Å². The lowest BCUT2D eigenvalue weighted by atomic mass is 10.0. The van der Waals surface area contributed by atoms with E-state index in [4.69, 9.17) is 9.47 Å². The van der Waals surface area contributed by atoms with Crippen LogP contribution < -0.4 is 20.3 Å². The molecule has 1 atom stereocenters. The summed E-state index contributed by atoms with van der Waals surface area (Å²) in [5.74, 6) is 1.80. The number of hydrogen-bond donors (Lipinski definition) is 1. The van der Waals surface area contributed by atoms with Gasteiger partial charge in [0, 0.05) is 17.4 Å². The van der Waals surface area contributed by atoms with Crippen LogP contribution in [-0.2, 0) is 11.3 Å². The first kappa shape index (κ1) is 20.1. The molecule has 7 nitrogen and oxygen atoms in total. The van der Waals surface area contributed by atoms with E-state index >= 15 is 0 Å². The summed E-state index contributed by atoms with van der Waals surface area (Å²) < 4.78 is 13.6. The molecule has 1 amide bonds. The summed E-state index contributed by atoms with van der Waals surface area (Å²) in [6.07, 6.45) is 3.88. The Bertz CT molecular complexity index is 1210. The predicted molar refractivity (Wildman–Crippen MR) is 119 cm³/mol. The Balaban J connectivity index is 1.29. The minimum absolute atomic E-state index is 0.0641. The highest BCUT2D eigenvalue weighted by molar-refractivity contribution is 9.10. The Hall–Kier alpha value is -2.87. The fourth-order valence-corrected chi connectivity index (χ4v) is 4.28. The lowest BCUT2D eigenvalue weighted by Crippen LogP contribution is -2.32. The van der Waals surface area contributed by atoms with Crippen molar-refractivity contribution in [2.45, 2.75) is 31.8 Å². The van der Waals surface area contributed by atoms with Crippen molar-refractivity contribution in [3.63, 3.8) is 0 Å². The first-order chi connectivity index (χ1) is 15.1. The second kappa shape index (κ2) is 8.34. The number of aromatic nitrogens is 2. The topological polar surface area (TPSA) is 82.5 Å². The second-order valence-electron chi connectivity index (χ2n) is 7.94. The van der Waals surface area contributed by atoms with Crippen LogP contribution in [0.3, 0.4) is 0 Å². The summed E-state index contributed by atoms with van der Waals surface area (Å²) in [6.45, 7) is 1.36. The number of halogens is 1. The molecule has 5 rings (SSSR count). The molecule has 2 heterocycles. The largest absolute Gasteiger partial charge is 0.486 e. The summed E-state index contributed by atoms with van der Waals surface area (Å²) >= 11 is 3.39. The molecule has 1 unspecified atom stereocenters. The number of rotatable bonds is 6. The van der Waals surface area contributed by atoms with Crippen molar-refractivity contribution in [2.24, 2.45) is 5.92 Å². The summed E-state index contributed by atoms with van der Waals surface area (Å²) in [5.41, 5.74) is 1.51. The molecule has 0 radical (unpaired) electrons. The first-order valence-electron chi connectivity index (χ1n) is 10.4. The van der Waals surface area contributed by atoms with E-state index in [2.05, 4.69) is 26.2 Å². The lowest BCUT2D eigenvalue weighted by Gasteiger charge is -2.23. The van der Waals surface area contributed by atoms with E-state index in [9.17, 15) is 9.59 Å². The summed E-state index contributed by atoms with van der Waals surface area (Å²) in [7, 11) is 0. The standard InChI is InChI=1S/C23H22BrN3O4/c24-16-4-5-18-17(12-16)23(29)27(13-25-18)8-7-21(28)26-22(14-1-2-14)15-3-6-19-20(11-15)31-10-9-30-19/h3-6,11-14,22H,1-2,7-10H2,(H,26,28). The van der Waals surface area contributed by atoms with Crippen molar-refractivity contribution in [1.82, 2.24) is 14.9 Å². The van der Waals surface area contributed by atoms with E-state index in [1.54, 1.807) is 12.1 Å². The summed E-state index contributed by atoms with van der Waals surface area (Å²) in [5, 5.41) is 3.69. The van der Waals surface area contributed by atoms with Crippen LogP contribution in [0.2, 0.25) is 0 Å². The summed E-state index contributed by atoms with van der Waals surface area (Å²) in [6, 6.07) is 11.2. The minimum Gasteiger partial charge on any atom is -0.486 e. The Morgan fingerprint density at radius 1 is 1.16 bits per heavy atom. The van der Waals surface area contributed by atoms with Crippen molar-refractivity contribution in [2.75, 3.05) is 13.2 Å². The molecule has 0 spiro atoms. The Morgan fingerprint density at radius 2 is 1.97 bits per heavy atom. The molecule has 31 heavy (non-hydrogen) atoms. The zero-order valence-electron chi connectivity index (χ0n) is 16.8. The molecule has 2 aliphatic rings. The van der Waals surface area contributed by atoms with Crippen molar-refractivity contribution < 1.29 is 14.3 Å². The van der Waals surface area contributed by atoms with Crippen LogP contribution in [0, 0.1) is 5.92 Å². The molecule has 1 N–H and O–H groups in total. The van der Waals surface area contributed by atoms with Crippen LogP contribution in [0.25, 0.3) is 10.9 Å². The lowest BCUT2D eigenvalue weighted by molar-refractivity contribution is -0.122. The number of hydrogen-bond acceptors (Lipinski definition) is 5. The predicted octanol–water partition coefficient (Wildman–Crippen LogP) is 3.59. The van der Waals surface area contributed by atoms with E-state index < -0.39 is 0 Å². The number of ether oxygens (including phenoxy) is 2. The zero-order valence-corrected chi connectivity index (χ0v) is 18.4. The maximum absolute atomic E-state index is 12.7. The maximum atomic E-state index is 12.7. The highest BCUT2D eigenvalue weighted by Gasteiger charge is 2.34. The number of nitrogens with zero attached hydrogens (tertiary/aromatic N) is 2. The molecule has 1 aliphatic carbocycles. The Kier molecular flexibility index (Phi) is 5.40. The van der Waals surface area contributed by atoms with Gasteiger partial charge in [0.15, 0.2) is 11.5 Å². The third-order valence-corrected chi connectivity index (χ3v) is 6.19. The van der Waals surface area contributed by atoms with Gasteiger partial charge in [0.25, 0.3) is 5.56 Å². The molecule has 160 valence electrons. The van der Waals surface area contributed by atoms with Crippen LogP contribution in [0.5, 0.6) is 11.5 Å². The van der Waals surface area contributed by atoms with Gasteiger partial charge in [0.05, 0.1) is 23.3 Å². The first-order valence-corrected chi connectivity index (χ1v) is 11.2. The van der Waals surface area contributed by atoms with Gasteiger partial charge < -0.3 is 14.8 Å². The van der Waals surface area contributed by atoms with Crippen LogP contribution in [0.4, 0.5) is 0 Å². The number of carbonyl (C=O) groups excluding carboxylic acids is 1. The van der Waals surface area contributed by atoms with Gasteiger partial charge in [-0.05, 0) is 54.7 Å². The average molecular weight is 484 g/mol. The Morgan fingerprint density at radius 3 is 2.77 bits per heavy atom. The number of nitrogens with one attached hydrogen (secondary N) is 1. The van der Waals surface area contributed by atoms with Crippen LogP contribution in [0.1, 0.15) is 30.9 Å². The number of benzene rings is 2. The molecule has 3 aromatic rings. The number of aryl methyl sites for hydroxylation is 1. The van der Waals surface area contributed by atoms with Crippen molar-refractivity contribution in [3.05, 3.63) is 63.1 Å². The molecule has 1 aromatic heterocycles. The molecular weight excluding hydrogens is 462 g/mol. The van der Waals surface area contributed by atoms with Crippen molar-refractivity contribution >= 4 is 32.7 Å². The third kappa shape index (κ3) is 4.30. The molecule has 8 heteroatoms. The summed E-state index contributed by atoms with van der Waals surface area (Å²) in [4.78, 5) is 29.8. The van der Waals surface area contributed by atoms with Crippen LogP contribution in [0.15, 0.2) is 52.0 Å². The van der Waals surface area contributed by atoms with Gasteiger partial charge in [0.2, 0.25) is 5.91 Å². The van der Waals surface area contributed by atoms with E-state index in [0.29, 0.717) is 30.0 Å². The highest BCUT2D eigenvalue weighted by atomic mass is 79.9. The average Bonchev–Trinajstić information content (AvgIpc) is 3.62. The molecule has 1 aliphatic heterocycles. The SMILES string of the molecule is O=C(CCn1cnc2ccc(Br)cc2c1=O)NC(c1ccc2c(c1)OCCO2)C1CC1. The van der Waals surface area contributed by atoms with Gasteiger partial charge in [-0.2, -0.15) is 0 Å². The van der Waals surface area contributed by atoms with E-state index in [-0.39, 0.29) is 30.5 Å². The quantitative estimate of drug-likeness (QED) is 0.579. The Labute approximate surface area is 187 Å². The smallest absolute Gasteiger partial charge is 0.261 e. The van der Waals surface area contributed by atoms with Crippen LogP contribution >= 0.6 is 15.9 Å². The maximum Gasteiger partial charge on any atom is 0.261 e. The van der Waals surface area contributed by atoms with Gasteiger partial charge in [-0.3, -0.25) is 14.2 Å². The van der Waals surface area contributed by atoms with Crippen LogP contribution in [-0.4, -0.2) is 28.7 Å². The molecule has 1 fully saturated rings. The minimum atomic E-state index is -0.148. The second-order valence-corrected chi connectivity index (χ2v) is 8.86. The van der Waals surface area contributed by atoms with Gasteiger partial charge in [-0.25, -0.2) is 4.98 Å². The van der Waals surface area contributed by atoms with E-state index in [0.717, 1.165) is 34.4 Å². The fourth-order valence-electron chi connectivity index (χ4n) is 3.91. The number of carbonyl (C=O) groups is 1. The van der Waals surface area contributed by atoms with Gasteiger partial charge >= 0.3 is 0 Å². The van der Waals surface area contributed by atoms with Crippen molar-refractivity contribution in [1.29, 1.82) is 0 Å². The van der Waals surface area contributed by atoms with Gasteiger partial charge in [0.1, 0.15) is 13.2 Å². The highest BCUT2D eigenvalue weighted by Crippen LogP contribution is 2.43. The molecule has 2 aromatic carbocycles. The van der Waals surface area contributed by atoms with Gasteiger partial charge in [-0.1, -0.05) is 22.0 Å². The van der Waals surface area contributed by atoms with E-state index in [1.165, 1.54) is 10.9 Å². The normalized spacial score (nSPS) is 16.2. The molecule has 1 saturated carbocycles. The molecule has 0 bridgehead atoms. The monoisotopic (exact) mass is 483 g/mol. The molecular formula is C23H22BrN3O4. The third-order valence-electron chi connectivity index (χ3n) is 5.70. The fraction of sp³-hybridized carbons (Fsp3) is 0.348. The molecule has 0 saturated heterocycles. The zero-order chi connectivity index (χ0) is 21.4. The van der Waals surface area contributed by atoms with Crippen molar-refractivity contribution in [3.8, 4) is 11.5 Å².